The molecule has 0 aromatic carbocycles. The molecule has 10 heteroatoms. The van der Waals surface area contributed by atoms with Gasteiger partial charge in [-0.2, -0.15) is 0 Å². The molecule has 1 aliphatic rings. The van der Waals surface area contributed by atoms with Crippen molar-refractivity contribution in [2.45, 2.75) is 19.9 Å². The molecule has 0 unspecified atom stereocenters. The number of primary amides is 1. The maximum absolute atomic E-state index is 12.1. The average Bonchev–Trinajstić information content (AvgIpc) is 2.89. The van der Waals surface area contributed by atoms with Crippen molar-refractivity contribution in [3.8, 4) is 0 Å². The number of aromatic nitrogens is 3. The lowest BCUT2D eigenvalue weighted by atomic mass is 10.1. The van der Waals surface area contributed by atoms with Gasteiger partial charge in [0, 0.05) is 29.9 Å². The third kappa shape index (κ3) is 3.59. The molecule has 0 radical (unpaired) electrons. The number of anilines is 2. The number of thiazole rings is 1. The quantitative estimate of drug-likeness (QED) is 0.750. The van der Waals surface area contributed by atoms with Gasteiger partial charge >= 0.3 is 6.03 Å². The van der Waals surface area contributed by atoms with Crippen LogP contribution in [0.4, 0.5) is 15.9 Å². The van der Waals surface area contributed by atoms with Gasteiger partial charge in [0.1, 0.15) is 5.69 Å². The summed E-state index contributed by atoms with van der Waals surface area (Å²) in [5.74, 6) is 0.166. The summed E-state index contributed by atoms with van der Waals surface area (Å²) in [6.45, 7) is 4.61. The molecule has 24 heavy (non-hydrogen) atoms. The van der Waals surface area contributed by atoms with E-state index in [9.17, 15) is 9.59 Å². The summed E-state index contributed by atoms with van der Waals surface area (Å²) in [4.78, 5) is 37.3. The number of nitrogens with two attached hydrogens (primary N) is 1. The second kappa shape index (κ2) is 6.40. The Balaban J connectivity index is 1.59. The maximum atomic E-state index is 12.1. The number of carbonyl (C=O) groups is 2. The van der Waals surface area contributed by atoms with Crippen LogP contribution in [0.25, 0.3) is 0 Å². The number of carbonyl (C=O) groups excluding carboxylic acids is 2. The standard InChI is InChI=1S/C14H17N7O2S/c1-7-3-8(2)17-13(16-7)20-14-19-10(6-24-14)11(22)18-9-4-21(5-9)12(15)23/h3,6,9H,4-5H2,1-2H3,(H2,15,23)(H,18,22)(H,16,17,19,20). The molecule has 2 aromatic rings. The first-order chi connectivity index (χ1) is 11.4. The minimum atomic E-state index is -0.478. The van der Waals surface area contributed by atoms with E-state index in [2.05, 4.69) is 25.6 Å². The number of likely N-dealkylation sites (tertiary alicyclic amines) is 1. The van der Waals surface area contributed by atoms with E-state index >= 15 is 0 Å². The lowest BCUT2D eigenvalue weighted by Gasteiger charge is -2.38. The molecule has 9 nitrogen and oxygen atoms in total. The zero-order valence-electron chi connectivity index (χ0n) is 13.2. The number of hydrogen-bond acceptors (Lipinski definition) is 7. The van der Waals surface area contributed by atoms with E-state index in [1.807, 2.05) is 19.9 Å². The van der Waals surface area contributed by atoms with E-state index < -0.39 is 6.03 Å². The first kappa shape index (κ1) is 16.1. The fraction of sp³-hybridized carbons (Fsp3) is 0.357. The summed E-state index contributed by atoms with van der Waals surface area (Å²) < 4.78 is 0. The van der Waals surface area contributed by atoms with Crippen molar-refractivity contribution >= 4 is 34.4 Å². The van der Waals surface area contributed by atoms with E-state index in [0.29, 0.717) is 29.9 Å². The number of hydrogen-bond donors (Lipinski definition) is 3. The number of rotatable bonds is 4. The largest absolute Gasteiger partial charge is 0.351 e. The summed E-state index contributed by atoms with van der Waals surface area (Å²) in [6, 6.07) is 1.31. The first-order valence-electron chi connectivity index (χ1n) is 7.31. The van der Waals surface area contributed by atoms with Crippen molar-refractivity contribution < 1.29 is 9.59 Å². The van der Waals surface area contributed by atoms with Gasteiger partial charge < -0.3 is 21.3 Å². The normalized spacial score (nSPS) is 14.2. The Labute approximate surface area is 142 Å². The van der Waals surface area contributed by atoms with Crippen molar-refractivity contribution in [2.24, 2.45) is 5.73 Å². The zero-order chi connectivity index (χ0) is 17.3. The fourth-order valence-electron chi connectivity index (χ4n) is 2.32. The molecule has 0 spiro atoms. The Kier molecular flexibility index (Phi) is 4.30. The second-order valence-electron chi connectivity index (χ2n) is 5.55. The summed E-state index contributed by atoms with van der Waals surface area (Å²) >= 11 is 1.29. The molecule has 126 valence electrons. The smallest absolute Gasteiger partial charge is 0.314 e. The number of nitrogens with one attached hydrogen (secondary N) is 2. The van der Waals surface area contributed by atoms with Gasteiger partial charge in [-0.3, -0.25) is 4.79 Å². The molecule has 3 heterocycles. The van der Waals surface area contributed by atoms with Crippen LogP contribution in [0.2, 0.25) is 0 Å². The van der Waals surface area contributed by atoms with Gasteiger partial charge in [0.2, 0.25) is 5.95 Å². The molecule has 1 aliphatic heterocycles. The highest BCUT2D eigenvalue weighted by molar-refractivity contribution is 7.14. The van der Waals surface area contributed by atoms with E-state index in [1.165, 1.54) is 16.2 Å². The molecule has 2 aromatic heterocycles. The zero-order valence-corrected chi connectivity index (χ0v) is 14.1. The molecule has 1 saturated heterocycles. The van der Waals surface area contributed by atoms with Gasteiger partial charge in [0.15, 0.2) is 5.13 Å². The second-order valence-corrected chi connectivity index (χ2v) is 6.41. The Hall–Kier alpha value is -2.75. The SMILES string of the molecule is Cc1cc(C)nc(Nc2nc(C(=O)NC3CN(C(N)=O)C3)cs2)n1. The Bertz CT molecular complexity index is 765. The van der Waals surface area contributed by atoms with Gasteiger partial charge in [0.05, 0.1) is 6.04 Å². The summed E-state index contributed by atoms with van der Waals surface area (Å²) in [6.07, 6.45) is 0. The molecular formula is C14H17N7O2S. The Morgan fingerprint density at radius 2 is 1.92 bits per heavy atom. The molecule has 0 atom stereocenters. The first-order valence-corrected chi connectivity index (χ1v) is 8.19. The highest BCUT2D eigenvalue weighted by Gasteiger charge is 2.30. The molecule has 3 amide bonds. The minimum Gasteiger partial charge on any atom is -0.351 e. The molecule has 0 bridgehead atoms. The van der Waals surface area contributed by atoms with E-state index in [0.717, 1.165) is 11.4 Å². The van der Waals surface area contributed by atoms with Gasteiger partial charge in [-0.25, -0.2) is 19.7 Å². The van der Waals surface area contributed by atoms with Crippen LogP contribution in [-0.4, -0.2) is 50.9 Å². The van der Waals surface area contributed by atoms with E-state index in [1.54, 1.807) is 5.38 Å². The Morgan fingerprint density at radius 3 is 2.54 bits per heavy atom. The molecule has 4 N–H and O–H groups in total. The van der Waals surface area contributed by atoms with Crippen molar-refractivity contribution in [3.05, 3.63) is 28.5 Å². The highest BCUT2D eigenvalue weighted by atomic mass is 32.1. The van der Waals surface area contributed by atoms with Crippen molar-refractivity contribution in [2.75, 3.05) is 18.4 Å². The topological polar surface area (TPSA) is 126 Å². The third-order valence-corrected chi connectivity index (χ3v) is 4.22. The monoisotopic (exact) mass is 347 g/mol. The number of amides is 3. The van der Waals surface area contributed by atoms with Gasteiger partial charge in [-0.15, -0.1) is 11.3 Å². The van der Waals surface area contributed by atoms with Crippen LogP contribution in [-0.2, 0) is 0 Å². The molecular weight excluding hydrogens is 330 g/mol. The van der Waals surface area contributed by atoms with Crippen molar-refractivity contribution in [1.29, 1.82) is 0 Å². The van der Waals surface area contributed by atoms with Gasteiger partial charge in [0.25, 0.3) is 5.91 Å². The summed E-state index contributed by atoms with van der Waals surface area (Å²) in [5.41, 5.74) is 7.15. The average molecular weight is 347 g/mol. The summed E-state index contributed by atoms with van der Waals surface area (Å²) in [7, 11) is 0. The molecule has 0 aliphatic carbocycles. The van der Waals surface area contributed by atoms with Crippen LogP contribution in [0.15, 0.2) is 11.4 Å². The van der Waals surface area contributed by atoms with Gasteiger partial charge in [-0.1, -0.05) is 0 Å². The lowest BCUT2D eigenvalue weighted by Crippen LogP contribution is -2.62. The molecule has 1 fully saturated rings. The predicted octanol–water partition coefficient (Wildman–Crippen LogP) is 0.786. The number of aryl methyl sites for hydroxylation is 2. The summed E-state index contributed by atoms with van der Waals surface area (Å²) in [5, 5.41) is 8.01. The van der Waals surface area contributed by atoms with E-state index in [-0.39, 0.29) is 11.9 Å². The van der Waals surface area contributed by atoms with Crippen LogP contribution < -0.4 is 16.4 Å². The number of nitrogens with zero attached hydrogens (tertiary/aromatic N) is 4. The van der Waals surface area contributed by atoms with Gasteiger partial charge in [-0.05, 0) is 19.9 Å². The lowest BCUT2D eigenvalue weighted by molar-refractivity contribution is 0.0857. The number of urea groups is 1. The minimum absolute atomic E-state index is 0.0918. The van der Waals surface area contributed by atoms with Crippen LogP contribution in [0, 0.1) is 13.8 Å². The predicted molar refractivity (Wildman–Crippen MR) is 89.3 cm³/mol. The van der Waals surface area contributed by atoms with Crippen molar-refractivity contribution in [3.63, 3.8) is 0 Å². The molecule has 0 saturated carbocycles. The molecule has 3 rings (SSSR count). The van der Waals surface area contributed by atoms with Crippen LogP contribution >= 0.6 is 11.3 Å². The Morgan fingerprint density at radius 1 is 1.25 bits per heavy atom. The highest BCUT2D eigenvalue weighted by Crippen LogP contribution is 2.19. The van der Waals surface area contributed by atoms with Crippen LogP contribution in [0.5, 0.6) is 0 Å². The third-order valence-electron chi connectivity index (χ3n) is 3.47. The fourth-order valence-corrected chi connectivity index (χ4v) is 3.01. The maximum Gasteiger partial charge on any atom is 0.314 e. The van der Waals surface area contributed by atoms with E-state index in [4.69, 9.17) is 5.73 Å². The van der Waals surface area contributed by atoms with Crippen LogP contribution in [0.1, 0.15) is 21.9 Å². The van der Waals surface area contributed by atoms with Crippen molar-refractivity contribution in [1.82, 2.24) is 25.2 Å². The van der Waals surface area contributed by atoms with Crippen LogP contribution in [0.3, 0.4) is 0 Å².